The highest BCUT2D eigenvalue weighted by Gasteiger charge is 2.42. The molecule has 0 radical (unpaired) electrons. The van der Waals surface area contributed by atoms with Crippen LogP contribution in [-0.4, -0.2) is 40.7 Å². The van der Waals surface area contributed by atoms with Gasteiger partial charge in [0.2, 0.25) is 11.8 Å². The van der Waals surface area contributed by atoms with Gasteiger partial charge in [0, 0.05) is 13.1 Å². The zero-order chi connectivity index (χ0) is 18.5. The van der Waals surface area contributed by atoms with Crippen molar-refractivity contribution in [3.8, 4) is 0 Å². The third-order valence-corrected chi connectivity index (χ3v) is 4.67. The summed E-state index contributed by atoms with van der Waals surface area (Å²) in [7, 11) is 0. The van der Waals surface area contributed by atoms with Crippen molar-refractivity contribution in [2.45, 2.75) is 19.8 Å². The molecule has 2 aromatic rings. The second kappa shape index (κ2) is 7.95. The summed E-state index contributed by atoms with van der Waals surface area (Å²) in [4.78, 5) is 40.1. The Balaban J connectivity index is 1.70. The van der Waals surface area contributed by atoms with Crippen LogP contribution in [-0.2, 0) is 22.4 Å². The maximum absolute atomic E-state index is 12.7. The summed E-state index contributed by atoms with van der Waals surface area (Å²) in [5, 5.41) is 0. The van der Waals surface area contributed by atoms with E-state index >= 15 is 0 Å². The third kappa shape index (κ3) is 3.82. The largest absolute Gasteiger partial charge is 0.333 e. The molecule has 0 spiro atoms. The molecule has 5 heteroatoms. The highest BCUT2D eigenvalue weighted by Crippen LogP contribution is 2.19. The zero-order valence-corrected chi connectivity index (χ0v) is 14.8. The topological polar surface area (TPSA) is 57.7 Å². The summed E-state index contributed by atoms with van der Waals surface area (Å²) < 4.78 is 0. The normalized spacial score (nSPS) is 15.7. The van der Waals surface area contributed by atoms with Gasteiger partial charge in [-0.05, 0) is 30.9 Å². The van der Waals surface area contributed by atoms with Crippen LogP contribution in [0.4, 0.5) is 4.79 Å². The van der Waals surface area contributed by atoms with E-state index in [0.29, 0.717) is 12.8 Å². The monoisotopic (exact) mass is 350 g/mol. The standard InChI is InChI=1S/C21H22N2O3/c1-16-19(24)22(14-12-17-8-4-2-5-9-17)21(26)23(20(16)25)15-13-18-10-6-3-7-11-18/h2-11,16H,12-15H2,1H3. The minimum atomic E-state index is -0.820. The molecular weight excluding hydrogens is 328 g/mol. The number of hydrogen-bond acceptors (Lipinski definition) is 3. The highest BCUT2D eigenvalue weighted by atomic mass is 16.2. The van der Waals surface area contributed by atoms with Crippen LogP contribution < -0.4 is 0 Å². The lowest BCUT2D eigenvalue weighted by molar-refractivity contribution is -0.148. The Morgan fingerprint density at radius 2 is 1.08 bits per heavy atom. The number of carbonyl (C=O) groups excluding carboxylic acids is 3. The van der Waals surface area contributed by atoms with Crippen LogP contribution in [0, 0.1) is 5.92 Å². The first kappa shape index (κ1) is 17.9. The van der Waals surface area contributed by atoms with E-state index in [9.17, 15) is 14.4 Å². The molecule has 0 bridgehead atoms. The first-order valence-corrected chi connectivity index (χ1v) is 8.82. The fourth-order valence-electron chi connectivity index (χ4n) is 3.09. The van der Waals surface area contributed by atoms with E-state index in [4.69, 9.17) is 0 Å². The molecule has 0 N–H and O–H groups in total. The lowest BCUT2D eigenvalue weighted by Crippen LogP contribution is -2.59. The predicted octanol–water partition coefficient (Wildman–Crippen LogP) is 2.90. The smallest absolute Gasteiger partial charge is 0.273 e. The van der Waals surface area contributed by atoms with E-state index in [0.717, 1.165) is 11.1 Å². The quantitative estimate of drug-likeness (QED) is 0.753. The summed E-state index contributed by atoms with van der Waals surface area (Å²) in [5.41, 5.74) is 2.10. The van der Waals surface area contributed by atoms with Crippen molar-refractivity contribution in [1.82, 2.24) is 9.80 Å². The Kier molecular flexibility index (Phi) is 5.46. The van der Waals surface area contributed by atoms with Crippen molar-refractivity contribution in [2.75, 3.05) is 13.1 Å². The Morgan fingerprint density at radius 3 is 1.46 bits per heavy atom. The lowest BCUT2D eigenvalue weighted by Gasteiger charge is -2.35. The molecular formula is C21H22N2O3. The van der Waals surface area contributed by atoms with Crippen LogP contribution in [0.1, 0.15) is 18.1 Å². The van der Waals surface area contributed by atoms with Gasteiger partial charge in [-0.2, -0.15) is 0 Å². The van der Waals surface area contributed by atoms with Crippen LogP contribution in [0.5, 0.6) is 0 Å². The summed E-state index contributed by atoms with van der Waals surface area (Å²) in [6.07, 6.45) is 1.15. The Labute approximate surface area is 153 Å². The number of nitrogens with zero attached hydrogens (tertiary/aromatic N) is 2. The Bertz CT molecular complexity index is 724. The van der Waals surface area contributed by atoms with Gasteiger partial charge in [-0.25, -0.2) is 4.79 Å². The molecule has 1 saturated heterocycles. The number of urea groups is 1. The van der Waals surface area contributed by atoms with Gasteiger partial charge in [-0.3, -0.25) is 19.4 Å². The fraction of sp³-hybridized carbons (Fsp3) is 0.286. The summed E-state index contributed by atoms with van der Waals surface area (Å²) >= 11 is 0. The van der Waals surface area contributed by atoms with Crippen molar-refractivity contribution in [1.29, 1.82) is 0 Å². The number of barbiturate groups is 1. The molecule has 0 aliphatic carbocycles. The van der Waals surface area contributed by atoms with Crippen molar-refractivity contribution >= 4 is 17.8 Å². The molecule has 0 unspecified atom stereocenters. The van der Waals surface area contributed by atoms with Crippen molar-refractivity contribution in [3.05, 3.63) is 71.8 Å². The summed E-state index contributed by atoms with van der Waals surface area (Å²) in [6.45, 7) is 2.13. The van der Waals surface area contributed by atoms with Crippen molar-refractivity contribution in [3.63, 3.8) is 0 Å². The molecule has 0 saturated carbocycles. The van der Waals surface area contributed by atoms with Gasteiger partial charge in [0.05, 0.1) is 0 Å². The van der Waals surface area contributed by atoms with Gasteiger partial charge in [-0.15, -0.1) is 0 Å². The minimum Gasteiger partial charge on any atom is -0.273 e. The van der Waals surface area contributed by atoms with Crippen LogP contribution >= 0.6 is 0 Å². The second-order valence-corrected chi connectivity index (χ2v) is 6.46. The average Bonchev–Trinajstić information content (AvgIpc) is 2.68. The molecule has 1 aliphatic rings. The van der Waals surface area contributed by atoms with Crippen LogP contribution in [0.25, 0.3) is 0 Å². The molecule has 5 nitrogen and oxygen atoms in total. The van der Waals surface area contributed by atoms with Gasteiger partial charge in [0.25, 0.3) is 0 Å². The molecule has 0 aromatic heterocycles. The number of amides is 4. The van der Waals surface area contributed by atoms with E-state index in [1.807, 2.05) is 60.7 Å². The van der Waals surface area contributed by atoms with Gasteiger partial charge < -0.3 is 0 Å². The van der Waals surface area contributed by atoms with E-state index in [1.165, 1.54) is 9.80 Å². The fourth-order valence-corrected chi connectivity index (χ4v) is 3.09. The third-order valence-electron chi connectivity index (χ3n) is 4.67. The molecule has 2 aromatic carbocycles. The Hall–Kier alpha value is -2.95. The summed E-state index contributed by atoms with van der Waals surface area (Å²) in [5.74, 6) is -1.64. The van der Waals surface area contributed by atoms with Crippen molar-refractivity contribution < 1.29 is 14.4 Å². The SMILES string of the molecule is CC1C(=O)N(CCc2ccccc2)C(=O)N(CCc2ccccc2)C1=O. The maximum atomic E-state index is 12.7. The number of carbonyl (C=O) groups is 3. The average molecular weight is 350 g/mol. The molecule has 26 heavy (non-hydrogen) atoms. The first-order valence-electron chi connectivity index (χ1n) is 8.82. The number of imide groups is 2. The first-order chi connectivity index (χ1) is 12.6. The molecule has 1 fully saturated rings. The van der Waals surface area contributed by atoms with Crippen LogP contribution in [0.2, 0.25) is 0 Å². The van der Waals surface area contributed by atoms with E-state index in [-0.39, 0.29) is 13.1 Å². The molecule has 4 amide bonds. The Morgan fingerprint density at radius 1 is 0.692 bits per heavy atom. The predicted molar refractivity (Wildman–Crippen MR) is 98.3 cm³/mol. The molecule has 0 atom stereocenters. The minimum absolute atomic E-state index is 0.279. The molecule has 134 valence electrons. The van der Waals surface area contributed by atoms with Crippen molar-refractivity contribution in [2.24, 2.45) is 5.92 Å². The highest BCUT2D eigenvalue weighted by molar-refractivity contribution is 6.15. The van der Waals surface area contributed by atoms with Gasteiger partial charge in [-0.1, -0.05) is 60.7 Å². The summed E-state index contributed by atoms with van der Waals surface area (Å²) in [6, 6.07) is 18.9. The molecule has 3 rings (SSSR count). The number of hydrogen-bond donors (Lipinski definition) is 0. The molecule has 1 heterocycles. The lowest BCUT2D eigenvalue weighted by atomic mass is 10.0. The number of rotatable bonds is 6. The van der Waals surface area contributed by atoms with Gasteiger partial charge in [0.1, 0.15) is 5.92 Å². The maximum Gasteiger partial charge on any atom is 0.333 e. The van der Waals surface area contributed by atoms with Crippen LogP contribution in [0.15, 0.2) is 60.7 Å². The van der Waals surface area contributed by atoms with Crippen LogP contribution in [0.3, 0.4) is 0 Å². The van der Waals surface area contributed by atoms with E-state index in [2.05, 4.69) is 0 Å². The number of benzene rings is 2. The van der Waals surface area contributed by atoms with Gasteiger partial charge in [0.15, 0.2) is 0 Å². The van der Waals surface area contributed by atoms with Gasteiger partial charge >= 0.3 is 6.03 Å². The van der Waals surface area contributed by atoms with E-state index < -0.39 is 23.8 Å². The zero-order valence-electron chi connectivity index (χ0n) is 14.8. The van der Waals surface area contributed by atoms with E-state index in [1.54, 1.807) is 6.92 Å². The second-order valence-electron chi connectivity index (χ2n) is 6.46. The molecule has 1 aliphatic heterocycles.